The molecule has 2 aromatic carbocycles. The molecule has 1 fully saturated rings. The number of nitrogens with zero attached hydrogens (tertiary/aromatic N) is 1. The van der Waals surface area contributed by atoms with Crippen molar-refractivity contribution in [2.75, 3.05) is 18.4 Å². The van der Waals surface area contributed by atoms with Crippen LogP contribution < -0.4 is 20.8 Å². The largest absolute Gasteiger partial charge is 0.480 e. The number of hydroxylamine groups is 1. The fourth-order valence-electron chi connectivity index (χ4n) is 3.77. The van der Waals surface area contributed by atoms with E-state index in [9.17, 15) is 23.1 Å². The van der Waals surface area contributed by atoms with Crippen LogP contribution in [0.5, 0.6) is 0 Å². The van der Waals surface area contributed by atoms with E-state index in [0.717, 1.165) is 0 Å². The van der Waals surface area contributed by atoms with E-state index in [4.69, 9.17) is 4.84 Å². The minimum atomic E-state index is -4.17. The third-order valence-electron chi connectivity index (χ3n) is 5.56. The molecule has 1 aromatic heterocycles. The molecule has 0 bridgehead atoms. The van der Waals surface area contributed by atoms with Crippen LogP contribution in [0.1, 0.15) is 12.8 Å². The van der Waals surface area contributed by atoms with Crippen LogP contribution in [0, 0.1) is 0 Å². The molecule has 13 heteroatoms. The summed E-state index contributed by atoms with van der Waals surface area (Å²) in [5, 5.41) is 16.3. The standard InChI is InChI=1S/C22H26N6O6S/c29-20(17-12-15(34-27-17)8-9-23-22-24-10-11-25-22)26-13-18(21(30)31)28-35(32,33)19-7-3-5-14-4-1-2-6-16(14)19/h1-7,10-11,15,17-18,27-28H,8-9,12-13H2,(H,26,29)(H,30,31)(H2,23,24,25). The zero-order valence-electron chi connectivity index (χ0n) is 18.6. The van der Waals surface area contributed by atoms with Gasteiger partial charge in [0, 0.05) is 37.3 Å². The molecule has 4 rings (SSSR count). The highest BCUT2D eigenvalue weighted by Gasteiger charge is 2.32. The van der Waals surface area contributed by atoms with Crippen molar-refractivity contribution in [2.45, 2.75) is 35.9 Å². The van der Waals surface area contributed by atoms with Gasteiger partial charge in [-0.3, -0.25) is 14.4 Å². The van der Waals surface area contributed by atoms with E-state index in [1.54, 1.807) is 48.8 Å². The van der Waals surface area contributed by atoms with Crippen molar-refractivity contribution < 1.29 is 28.0 Å². The second kappa shape index (κ2) is 10.8. The molecular weight excluding hydrogens is 476 g/mol. The van der Waals surface area contributed by atoms with Gasteiger partial charge in [-0.15, -0.1) is 0 Å². The lowest BCUT2D eigenvalue weighted by Gasteiger charge is -2.17. The Labute approximate surface area is 201 Å². The number of H-pyrrole nitrogens is 1. The number of fused-ring (bicyclic) bond motifs is 1. The molecule has 2 heterocycles. The summed E-state index contributed by atoms with van der Waals surface area (Å²) >= 11 is 0. The quantitative estimate of drug-likeness (QED) is 0.219. The molecule has 1 aliphatic rings. The van der Waals surface area contributed by atoms with Crippen molar-refractivity contribution in [3.63, 3.8) is 0 Å². The molecular formula is C22H26N6O6S. The first kappa shape index (κ1) is 24.6. The van der Waals surface area contributed by atoms with E-state index < -0.39 is 40.5 Å². The number of sulfonamides is 1. The van der Waals surface area contributed by atoms with Gasteiger partial charge < -0.3 is 20.7 Å². The first-order valence-electron chi connectivity index (χ1n) is 11.0. The number of rotatable bonds is 11. The Hall–Kier alpha value is -3.52. The molecule has 0 spiro atoms. The normalized spacial score (nSPS) is 18.9. The molecule has 35 heavy (non-hydrogen) atoms. The molecule has 0 radical (unpaired) electrons. The Balaban J connectivity index is 1.31. The number of carboxylic acid groups (broad SMARTS) is 1. The maximum Gasteiger partial charge on any atom is 0.323 e. The Kier molecular flexibility index (Phi) is 7.60. The lowest BCUT2D eigenvalue weighted by molar-refractivity contribution is -0.139. The summed E-state index contributed by atoms with van der Waals surface area (Å²) in [5.41, 5.74) is 2.65. The van der Waals surface area contributed by atoms with Gasteiger partial charge >= 0.3 is 5.97 Å². The van der Waals surface area contributed by atoms with Gasteiger partial charge in [0.2, 0.25) is 15.9 Å². The summed E-state index contributed by atoms with van der Waals surface area (Å²) in [4.78, 5) is 36.6. The van der Waals surface area contributed by atoms with Crippen LogP contribution in [0.3, 0.4) is 0 Å². The first-order valence-corrected chi connectivity index (χ1v) is 12.5. The fourth-order valence-corrected chi connectivity index (χ4v) is 5.19. The average molecular weight is 503 g/mol. The molecule has 1 aliphatic heterocycles. The third-order valence-corrected chi connectivity index (χ3v) is 7.09. The number of hydrogen-bond donors (Lipinski definition) is 6. The van der Waals surface area contributed by atoms with Gasteiger partial charge in [0.05, 0.1) is 11.0 Å². The SMILES string of the molecule is O=C(O)C(CNC(=O)C1CC(CCNc2ncc[nH]2)ON1)NS(=O)(=O)c1cccc2ccccc12. The van der Waals surface area contributed by atoms with Gasteiger partial charge in [0.25, 0.3) is 0 Å². The van der Waals surface area contributed by atoms with Gasteiger partial charge in [-0.25, -0.2) is 13.4 Å². The second-order valence-corrected chi connectivity index (χ2v) is 9.72. The number of amides is 1. The number of anilines is 1. The van der Waals surface area contributed by atoms with Crippen molar-refractivity contribution in [3.05, 3.63) is 54.9 Å². The number of aromatic nitrogens is 2. The minimum Gasteiger partial charge on any atom is -0.480 e. The van der Waals surface area contributed by atoms with Crippen molar-refractivity contribution in [1.82, 2.24) is 25.5 Å². The maximum absolute atomic E-state index is 13.0. The lowest BCUT2D eigenvalue weighted by Crippen LogP contribution is -2.51. The monoisotopic (exact) mass is 502 g/mol. The molecule has 3 aromatic rings. The van der Waals surface area contributed by atoms with E-state index >= 15 is 0 Å². The van der Waals surface area contributed by atoms with Gasteiger partial charge in [-0.05, 0) is 17.9 Å². The molecule has 12 nitrogen and oxygen atoms in total. The molecule has 3 unspecified atom stereocenters. The smallest absolute Gasteiger partial charge is 0.323 e. The zero-order valence-corrected chi connectivity index (χ0v) is 19.4. The maximum atomic E-state index is 13.0. The van der Waals surface area contributed by atoms with E-state index in [1.807, 2.05) is 0 Å². The van der Waals surface area contributed by atoms with Crippen LogP contribution in [0.2, 0.25) is 0 Å². The Morgan fingerprint density at radius 3 is 2.77 bits per heavy atom. The highest BCUT2D eigenvalue weighted by molar-refractivity contribution is 7.89. The Morgan fingerprint density at radius 2 is 2.00 bits per heavy atom. The molecule has 0 saturated carbocycles. The lowest BCUT2D eigenvalue weighted by atomic mass is 10.1. The summed E-state index contributed by atoms with van der Waals surface area (Å²) in [6, 6.07) is 9.40. The van der Waals surface area contributed by atoms with Crippen molar-refractivity contribution >= 4 is 38.6 Å². The van der Waals surface area contributed by atoms with E-state index in [0.29, 0.717) is 36.1 Å². The number of benzene rings is 2. The van der Waals surface area contributed by atoms with Crippen LogP contribution in [0.15, 0.2) is 59.8 Å². The van der Waals surface area contributed by atoms with Crippen LogP contribution in [-0.2, 0) is 24.4 Å². The van der Waals surface area contributed by atoms with Crippen LogP contribution in [0.4, 0.5) is 5.95 Å². The summed E-state index contributed by atoms with van der Waals surface area (Å²) in [5.74, 6) is -1.26. The number of carbonyl (C=O) groups excluding carboxylic acids is 1. The first-order chi connectivity index (χ1) is 16.8. The predicted molar refractivity (Wildman–Crippen MR) is 127 cm³/mol. The van der Waals surface area contributed by atoms with Crippen LogP contribution in [-0.4, -0.2) is 66.6 Å². The van der Waals surface area contributed by atoms with Gasteiger partial charge in [0.1, 0.15) is 12.1 Å². The summed E-state index contributed by atoms with van der Waals surface area (Å²) < 4.78 is 28.1. The summed E-state index contributed by atoms with van der Waals surface area (Å²) in [6.07, 6.45) is 4.09. The number of carbonyl (C=O) groups is 2. The van der Waals surface area contributed by atoms with Crippen molar-refractivity contribution in [2.24, 2.45) is 0 Å². The molecule has 6 N–H and O–H groups in total. The molecule has 0 aliphatic carbocycles. The number of nitrogens with one attached hydrogen (secondary N) is 5. The Bertz CT molecular complexity index is 1280. The van der Waals surface area contributed by atoms with Crippen LogP contribution in [0.25, 0.3) is 10.8 Å². The van der Waals surface area contributed by atoms with Gasteiger partial charge in [0.15, 0.2) is 5.95 Å². The number of carboxylic acids is 1. The number of aromatic amines is 1. The van der Waals surface area contributed by atoms with Crippen LogP contribution >= 0.6 is 0 Å². The topological polar surface area (TPSA) is 175 Å². The van der Waals surface area contributed by atoms with Gasteiger partial charge in [-0.2, -0.15) is 10.2 Å². The fraction of sp³-hybridized carbons (Fsp3) is 0.318. The zero-order chi connectivity index (χ0) is 24.8. The molecule has 1 saturated heterocycles. The molecule has 186 valence electrons. The number of imidazole rings is 1. The average Bonchev–Trinajstić information content (AvgIpc) is 3.53. The minimum absolute atomic E-state index is 0.0370. The predicted octanol–water partition coefficient (Wildman–Crippen LogP) is 0.575. The van der Waals surface area contributed by atoms with Crippen molar-refractivity contribution in [1.29, 1.82) is 0 Å². The highest BCUT2D eigenvalue weighted by Crippen LogP contribution is 2.23. The second-order valence-electron chi connectivity index (χ2n) is 8.03. The van der Waals surface area contributed by atoms with Crippen molar-refractivity contribution in [3.8, 4) is 0 Å². The summed E-state index contributed by atoms with van der Waals surface area (Å²) in [7, 11) is -4.17. The summed E-state index contributed by atoms with van der Waals surface area (Å²) in [6.45, 7) is 0.145. The van der Waals surface area contributed by atoms with E-state index in [-0.39, 0.29) is 11.0 Å². The van der Waals surface area contributed by atoms with Gasteiger partial charge in [-0.1, -0.05) is 36.4 Å². The molecule has 1 amide bonds. The molecule has 3 atom stereocenters. The number of hydrogen-bond acceptors (Lipinski definition) is 8. The highest BCUT2D eigenvalue weighted by atomic mass is 32.2. The third kappa shape index (κ3) is 6.14. The van der Waals surface area contributed by atoms with E-state index in [1.165, 1.54) is 6.07 Å². The van der Waals surface area contributed by atoms with E-state index in [2.05, 4.69) is 30.8 Å². The number of aliphatic carboxylic acids is 1. The Morgan fingerprint density at radius 1 is 1.20 bits per heavy atom.